The summed E-state index contributed by atoms with van der Waals surface area (Å²) >= 11 is 0. The number of non-ortho nitro benzene ring substituents is 1. The largest absolute Gasteiger partial charge is 0.493 e. The fourth-order valence-electron chi connectivity index (χ4n) is 1.73. The number of ether oxygens (including phenoxy) is 2. The summed E-state index contributed by atoms with van der Waals surface area (Å²) in [6.07, 6.45) is 1.31. The molecular formula is C14H19N3O4. The molecule has 1 aromatic carbocycles. The predicted octanol–water partition coefficient (Wildman–Crippen LogP) is 2.26. The van der Waals surface area contributed by atoms with Gasteiger partial charge in [0.15, 0.2) is 11.5 Å². The average molecular weight is 293 g/mol. The van der Waals surface area contributed by atoms with Gasteiger partial charge in [0.25, 0.3) is 5.69 Å². The molecule has 0 heterocycles. The molecule has 0 aromatic heterocycles. The molecule has 0 spiro atoms. The molecule has 1 atom stereocenters. The van der Waals surface area contributed by atoms with Crippen molar-refractivity contribution < 1.29 is 14.4 Å². The van der Waals surface area contributed by atoms with Gasteiger partial charge in [-0.2, -0.15) is 5.26 Å². The summed E-state index contributed by atoms with van der Waals surface area (Å²) in [6, 6.07) is 6.40. The number of hydrogen-bond donors (Lipinski definition) is 1. The lowest BCUT2D eigenvalue weighted by Gasteiger charge is -2.20. The number of nitro groups is 1. The van der Waals surface area contributed by atoms with Crippen molar-refractivity contribution in [3.63, 3.8) is 0 Å². The zero-order chi connectivity index (χ0) is 15.9. The van der Waals surface area contributed by atoms with Gasteiger partial charge in [-0.15, -0.1) is 0 Å². The smallest absolute Gasteiger partial charge is 0.273 e. The highest BCUT2D eigenvalue weighted by Crippen LogP contribution is 2.31. The van der Waals surface area contributed by atoms with Crippen LogP contribution in [0.15, 0.2) is 18.2 Å². The number of methoxy groups -OCH3 is 1. The van der Waals surface area contributed by atoms with Crippen LogP contribution in [0.2, 0.25) is 0 Å². The molecule has 0 aliphatic rings. The van der Waals surface area contributed by atoms with Crippen LogP contribution in [0, 0.1) is 21.4 Å². The molecule has 21 heavy (non-hydrogen) atoms. The van der Waals surface area contributed by atoms with Gasteiger partial charge in [0.2, 0.25) is 0 Å². The first-order chi connectivity index (χ1) is 9.95. The summed E-state index contributed by atoms with van der Waals surface area (Å²) in [4.78, 5) is 10.2. The van der Waals surface area contributed by atoms with E-state index in [2.05, 4.69) is 11.4 Å². The molecule has 7 heteroatoms. The molecule has 0 bridgehead atoms. The summed E-state index contributed by atoms with van der Waals surface area (Å²) in [5.74, 6) is 0.770. The quantitative estimate of drug-likeness (QED) is 0.448. The van der Waals surface area contributed by atoms with Crippen molar-refractivity contribution in [2.45, 2.75) is 25.3 Å². The second-order valence-electron chi connectivity index (χ2n) is 4.74. The van der Waals surface area contributed by atoms with E-state index in [0.717, 1.165) is 0 Å². The summed E-state index contributed by atoms with van der Waals surface area (Å²) in [6.45, 7) is 2.21. The number of nitrogens with zero attached hydrogens (tertiary/aromatic N) is 2. The maximum Gasteiger partial charge on any atom is 0.273 e. The standard InChI is InChI=1S/C14H19N3O4/c1-14(10-15,16-2)7-4-8-21-12-6-5-11(17(18)19)9-13(12)20-3/h5-6,9,16H,4,7-8H2,1-3H3. The maximum atomic E-state index is 10.7. The Balaban J connectivity index is 2.60. The molecule has 0 saturated heterocycles. The van der Waals surface area contributed by atoms with Gasteiger partial charge in [-0.05, 0) is 32.9 Å². The lowest BCUT2D eigenvalue weighted by molar-refractivity contribution is -0.384. The average Bonchev–Trinajstić information content (AvgIpc) is 2.51. The Morgan fingerprint density at radius 1 is 1.48 bits per heavy atom. The Bertz CT molecular complexity index is 542. The molecule has 0 aliphatic carbocycles. The van der Waals surface area contributed by atoms with Crippen LogP contribution in [0.5, 0.6) is 11.5 Å². The van der Waals surface area contributed by atoms with Crippen LogP contribution >= 0.6 is 0 Å². The first-order valence-corrected chi connectivity index (χ1v) is 6.51. The van der Waals surface area contributed by atoms with Crippen molar-refractivity contribution in [1.82, 2.24) is 5.32 Å². The number of hydrogen-bond acceptors (Lipinski definition) is 6. The second-order valence-corrected chi connectivity index (χ2v) is 4.74. The van der Waals surface area contributed by atoms with Gasteiger partial charge in [-0.25, -0.2) is 0 Å². The van der Waals surface area contributed by atoms with Crippen molar-refractivity contribution in [2.75, 3.05) is 20.8 Å². The van der Waals surface area contributed by atoms with E-state index in [9.17, 15) is 10.1 Å². The minimum atomic E-state index is -0.580. The first-order valence-electron chi connectivity index (χ1n) is 6.51. The van der Waals surface area contributed by atoms with Crippen molar-refractivity contribution in [3.05, 3.63) is 28.3 Å². The van der Waals surface area contributed by atoms with E-state index in [1.807, 2.05) is 6.92 Å². The van der Waals surface area contributed by atoms with E-state index in [1.165, 1.54) is 25.3 Å². The molecule has 0 radical (unpaired) electrons. The van der Waals surface area contributed by atoms with Crippen LogP contribution in [0.4, 0.5) is 5.69 Å². The third-order valence-corrected chi connectivity index (χ3v) is 3.24. The van der Waals surface area contributed by atoms with Crippen LogP contribution in [0.1, 0.15) is 19.8 Å². The van der Waals surface area contributed by atoms with Crippen LogP contribution < -0.4 is 14.8 Å². The fourth-order valence-corrected chi connectivity index (χ4v) is 1.73. The maximum absolute atomic E-state index is 10.7. The van der Waals surface area contributed by atoms with Gasteiger partial charge in [-0.3, -0.25) is 10.1 Å². The summed E-state index contributed by atoms with van der Waals surface area (Å²) in [5.41, 5.74) is -0.630. The SMILES string of the molecule is CNC(C)(C#N)CCCOc1ccc([N+](=O)[O-])cc1OC. The Labute approximate surface area is 123 Å². The van der Waals surface area contributed by atoms with E-state index in [4.69, 9.17) is 14.7 Å². The number of benzene rings is 1. The second kappa shape index (κ2) is 7.45. The van der Waals surface area contributed by atoms with Gasteiger partial charge in [-0.1, -0.05) is 0 Å². The van der Waals surface area contributed by atoms with Crippen LogP contribution in [0.25, 0.3) is 0 Å². The number of nitriles is 1. The van der Waals surface area contributed by atoms with Gasteiger partial charge in [0.1, 0.15) is 5.54 Å². The van der Waals surface area contributed by atoms with Gasteiger partial charge in [0, 0.05) is 6.07 Å². The molecule has 114 valence electrons. The summed E-state index contributed by atoms with van der Waals surface area (Å²) in [5, 5.41) is 22.7. The third kappa shape index (κ3) is 4.61. The molecule has 7 nitrogen and oxygen atoms in total. The Kier molecular flexibility index (Phi) is 5.93. The minimum absolute atomic E-state index is 0.0496. The van der Waals surface area contributed by atoms with E-state index in [1.54, 1.807) is 7.05 Å². The van der Waals surface area contributed by atoms with Crippen LogP contribution in [-0.4, -0.2) is 31.2 Å². The topological polar surface area (TPSA) is 97.4 Å². The molecule has 0 amide bonds. The van der Waals surface area contributed by atoms with Gasteiger partial charge in [0.05, 0.1) is 30.8 Å². The lowest BCUT2D eigenvalue weighted by Crippen LogP contribution is -2.38. The van der Waals surface area contributed by atoms with E-state index >= 15 is 0 Å². The van der Waals surface area contributed by atoms with Gasteiger partial charge >= 0.3 is 0 Å². The number of rotatable bonds is 8. The van der Waals surface area contributed by atoms with Crippen molar-refractivity contribution in [2.24, 2.45) is 0 Å². The zero-order valence-electron chi connectivity index (χ0n) is 12.4. The predicted molar refractivity (Wildman–Crippen MR) is 77.5 cm³/mol. The molecule has 1 rings (SSSR count). The monoisotopic (exact) mass is 293 g/mol. The molecule has 1 unspecified atom stereocenters. The van der Waals surface area contributed by atoms with Crippen molar-refractivity contribution in [1.29, 1.82) is 5.26 Å². The molecule has 1 aromatic rings. The number of nitrogens with one attached hydrogen (secondary N) is 1. The van der Waals surface area contributed by atoms with Crippen LogP contribution in [0.3, 0.4) is 0 Å². The lowest BCUT2D eigenvalue weighted by atomic mass is 9.98. The molecule has 0 aliphatic heterocycles. The highest BCUT2D eigenvalue weighted by atomic mass is 16.6. The van der Waals surface area contributed by atoms with E-state index in [-0.39, 0.29) is 5.69 Å². The first kappa shape index (κ1) is 16.7. The summed E-state index contributed by atoms with van der Waals surface area (Å²) < 4.78 is 10.6. The highest BCUT2D eigenvalue weighted by Gasteiger charge is 2.20. The molecular weight excluding hydrogens is 274 g/mol. The van der Waals surface area contributed by atoms with E-state index in [0.29, 0.717) is 30.9 Å². The molecule has 1 N–H and O–H groups in total. The molecule has 0 fully saturated rings. The highest BCUT2D eigenvalue weighted by molar-refractivity contribution is 5.48. The Hall–Kier alpha value is -2.33. The van der Waals surface area contributed by atoms with E-state index < -0.39 is 10.5 Å². The normalized spacial score (nSPS) is 13.0. The van der Waals surface area contributed by atoms with Crippen molar-refractivity contribution >= 4 is 5.69 Å². The van der Waals surface area contributed by atoms with Crippen LogP contribution in [-0.2, 0) is 0 Å². The zero-order valence-corrected chi connectivity index (χ0v) is 12.4. The summed E-state index contributed by atoms with van der Waals surface area (Å²) in [7, 11) is 3.17. The fraction of sp³-hybridized carbons (Fsp3) is 0.500. The molecule has 0 saturated carbocycles. The van der Waals surface area contributed by atoms with Gasteiger partial charge < -0.3 is 14.8 Å². The minimum Gasteiger partial charge on any atom is -0.493 e. The third-order valence-electron chi connectivity index (χ3n) is 3.24. The Morgan fingerprint density at radius 2 is 2.19 bits per heavy atom. The van der Waals surface area contributed by atoms with Crippen molar-refractivity contribution in [3.8, 4) is 17.6 Å². The number of nitro benzene ring substituents is 1. The Morgan fingerprint density at radius 3 is 2.71 bits per heavy atom.